The summed E-state index contributed by atoms with van der Waals surface area (Å²) in [5.41, 5.74) is 2.51. The Morgan fingerprint density at radius 1 is 1.40 bits per heavy atom. The van der Waals surface area contributed by atoms with Crippen LogP contribution in [-0.2, 0) is 5.88 Å². The maximum absolute atomic E-state index is 6.12. The lowest BCUT2D eigenvalue weighted by Gasteiger charge is -2.36. The van der Waals surface area contributed by atoms with Gasteiger partial charge in [0.2, 0.25) is 0 Å². The average Bonchev–Trinajstić information content (AvgIpc) is 2.74. The van der Waals surface area contributed by atoms with Crippen LogP contribution in [0.3, 0.4) is 0 Å². The largest absolute Gasteiger partial charge is 0.324 e. The van der Waals surface area contributed by atoms with Crippen LogP contribution in [-0.4, -0.2) is 9.55 Å². The number of benzene rings is 1. The zero-order valence-corrected chi connectivity index (χ0v) is 13.5. The predicted octanol–water partition coefficient (Wildman–Crippen LogP) is 5.57. The lowest BCUT2D eigenvalue weighted by atomic mass is 9.75. The Kier molecular flexibility index (Phi) is 3.72. The van der Waals surface area contributed by atoms with E-state index in [0.717, 1.165) is 21.9 Å². The van der Waals surface area contributed by atoms with E-state index in [1.54, 1.807) is 0 Å². The summed E-state index contributed by atoms with van der Waals surface area (Å²) in [6.07, 6.45) is 4.97. The molecule has 108 valence electrons. The van der Waals surface area contributed by atoms with E-state index in [9.17, 15) is 0 Å². The van der Waals surface area contributed by atoms with Crippen LogP contribution < -0.4 is 0 Å². The van der Waals surface area contributed by atoms with E-state index >= 15 is 0 Å². The Morgan fingerprint density at radius 2 is 2.20 bits per heavy atom. The van der Waals surface area contributed by atoms with Crippen molar-refractivity contribution < 1.29 is 0 Å². The van der Waals surface area contributed by atoms with Crippen molar-refractivity contribution in [3.63, 3.8) is 0 Å². The summed E-state index contributed by atoms with van der Waals surface area (Å²) in [7, 11) is 0. The third-order valence-corrected chi connectivity index (χ3v) is 4.86. The second-order valence-corrected chi connectivity index (χ2v) is 7.28. The molecule has 0 spiro atoms. The first-order valence-electron chi connectivity index (χ1n) is 7.22. The second-order valence-electron chi connectivity index (χ2n) is 6.58. The maximum atomic E-state index is 6.12. The number of rotatable bonds is 2. The molecule has 4 heteroatoms. The van der Waals surface area contributed by atoms with Crippen molar-refractivity contribution in [3.8, 4) is 0 Å². The van der Waals surface area contributed by atoms with Gasteiger partial charge in [0.05, 0.1) is 16.9 Å². The fourth-order valence-corrected chi connectivity index (χ4v) is 3.86. The molecule has 1 unspecified atom stereocenters. The van der Waals surface area contributed by atoms with E-state index in [1.807, 2.05) is 12.1 Å². The Labute approximate surface area is 130 Å². The van der Waals surface area contributed by atoms with E-state index < -0.39 is 0 Å². The molecule has 0 saturated heterocycles. The van der Waals surface area contributed by atoms with Crippen LogP contribution in [0.15, 0.2) is 18.2 Å². The first kappa shape index (κ1) is 14.2. The highest BCUT2D eigenvalue weighted by molar-refractivity contribution is 6.31. The highest BCUT2D eigenvalue weighted by Crippen LogP contribution is 2.42. The number of aromatic nitrogens is 2. The fourth-order valence-electron chi connectivity index (χ4n) is 3.50. The van der Waals surface area contributed by atoms with E-state index in [2.05, 4.69) is 29.5 Å². The van der Waals surface area contributed by atoms with Gasteiger partial charge >= 0.3 is 0 Å². The lowest BCUT2D eigenvalue weighted by Crippen LogP contribution is -2.25. The minimum Gasteiger partial charge on any atom is -0.324 e. The van der Waals surface area contributed by atoms with Gasteiger partial charge in [-0.05, 0) is 42.9 Å². The van der Waals surface area contributed by atoms with Gasteiger partial charge in [0.25, 0.3) is 0 Å². The predicted molar refractivity (Wildman–Crippen MR) is 85.6 cm³/mol. The summed E-state index contributed by atoms with van der Waals surface area (Å²) < 4.78 is 2.35. The van der Waals surface area contributed by atoms with Gasteiger partial charge in [-0.2, -0.15) is 0 Å². The van der Waals surface area contributed by atoms with Crippen LogP contribution in [0.5, 0.6) is 0 Å². The van der Waals surface area contributed by atoms with Gasteiger partial charge in [0.1, 0.15) is 5.82 Å². The fraction of sp³-hybridized carbons (Fsp3) is 0.562. The van der Waals surface area contributed by atoms with Crippen LogP contribution in [0, 0.1) is 5.41 Å². The van der Waals surface area contributed by atoms with Gasteiger partial charge in [-0.25, -0.2) is 4.98 Å². The molecule has 2 aromatic rings. The minimum absolute atomic E-state index is 0.398. The average molecular weight is 311 g/mol. The summed E-state index contributed by atoms with van der Waals surface area (Å²) >= 11 is 12.2. The molecule has 1 fully saturated rings. The quantitative estimate of drug-likeness (QED) is 0.663. The smallest absolute Gasteiger partial charge is 0.125 e. The molecule has 1 aliphatic carbocycles. The summed E-state index contributed by atoms with van der Waals surface area (Å²) in [6.45, 7) is 4.71. The maximum Gasteiger partial charge on any atom is 0.125 e. The molecule has 1 heterocycles. The first-order valence-corrected chi connectivity index (χ1v) is 8.14. The molecule has 1 aromatic heterocycles. The first-order chi connectivity index (χ1) is 9.50. The molecule has 1 atom stereocenters. The van der Waals surface area contributed by atoms with Gasteiger partial charge in [-0.15, -0.1) is 11.6 Å². The summed E-state index contributed by atoms with van der Waals surface area (Å²) in [4.78, 5) is 4.66. The normalized spacial score (nSPS) is 22.3. The van der Waals surface area contributed by atoms with E-state index in [0.29, 0.717) is 17.3 Å². The Balaban J connectivity index is 2.09. The molecule has 0 N–H and O–H groups in total. The van der Waals surface area contributed by atoms with E-state index in [-0.39, 0.29) is 0 Å². The molecule has 20 heavy (non-hydrogen) atoms. The topological polar surface area (TPSA) is 17.8 Å². The molecule has 0 amide bonds. The number of halogens is 2. The highest BCUT2D eigenvalue weighted by Gasteiger charge is 2.30. The van der Waals surface area contributed by atoms with Gasteiger partial charge in [-0.3, -0.25) is 0 Å². The molecule has 0 radical (unpaired) electrons. The number of hydrogen-bond acceptors (Lipinski definition) is 1. The molecular formula is C16H20Cl2N2. The molecule has 1 saturated carbocycles. The molecule has 0 bridgehead atoms. The zero-order valence-electron chi connectivity index (χ0n) is 12.0. The van der Waals surface area contributed by atoms with Crippen LogP contribution in [0.2, 0.25) is 5.02 Å². The molecule has 3 rings (SSSR count). The number of imidazole rings is 1. The van der Waals surface area contributed by atoms with Gasteiger partial charge in [-0.1, -0.05) is 31.9 Å². The number of hydrogen-bond donors (Lipinski definition) is 0. The van der Waals surface area contributed by atoms with Crippen LogP contribution in [0.1, 0.15) is 51.4 Å². The minimum atomic E-state index is 0.398. The number of nitrogens with zero attached hydrogens (tertiary/aromatic N) is 2. The van der Waals surface area contributed by atoms with Crippen LogP contribution in [0.4, 0.5) is 0 Å². The Hall–Kier alpha value is -0.730. The van der Waals surface area contributed by atoms with Crippen molar-refractivity contribution in [2.24, 2.45) is 5.41 Å². The monoisotopic (exact) mass is 310 g/mol. The molecule has 1 aliphatic rings. The molecule has 1 aromatic carbocycles. The SMILES string of the molecule is CC1(C)CCCC(n2c(CCl)nc3cc(Cl)ccc32)C1. The van der Waals surface area contributed by atoms with Crippen molar-refractivity contribution in [2.75, 3.05) is 0 Å². The van der Waals surface area contributed by atoms with Gasteiger partial charge in [0.15, 0.2) is 0 Å². The van der Waals surface area contributed by atoms with Gasteiger partial charge in [0, 0.05) is 11.1 Å². The number of alkyl halides is 1. The van der Waals surface area contributed by atoms with Gasteiger partial charge < -0.3 is 4.57 Å². The van der Waals surface area contributed by atoms with Crippen molar-refractivity contribution in [1.82, 2.24) is 9.55 Å². The van der Waals surface area contributed by atoms with E-state index in [1.165, 1.54) is 25.7 Å². The highest BCUT2D eigenvalue weighted by atomic mass is 35.5. The van der Waals surface area contributed by atoms with Crippen LogP contribution in [0.25, 0.3) is 11.0 Å². The van der Waals surface area contributed by atoms with Crippen molar-refractivity contribution >= 4 is 34.2 Å². The summed E-state index contributed by atoms with van der Waals surface area (Å²) in [5.74, 6) is 1.41. The summed E-state index contributed by atoms with van der Waals surface area (Å²) in [5, 5.41) is 0.729. The van der Waals surface area contributed by atoms with Crippen molar-refractivity contribution in [1.29, 1.82) is 0 Å². The van der Waals surface area contributed by atoms with Crippen molar-refractivity contribution in [3.05, 3.63) is 29.0 Å². The molecule has 0 aliphatic heterocycles. The molecule has 2 nitrogen and oxygen atoms in total. The standard InChI is InChI=1S/C16H20Cl2N2/c1-16(2)7-3-4-12(9-16)20-14-6-5-11(18)8-13(14)19-15(20)10-17/h5-6,8,12H,3-4,7,9-10H2,1-2H3. The third-order valence-electron chi connectivity index (χ3n) is 4.39. The Morgan fingerprint density at radius 3 is 2.90 bits per heavy atom. The summed E-state index contributed by atoms with van der Waals surface area (Å²) in [6, 6.07) is 6.44. The Bertz CT molecular complexity index is 631. The van der Waals surface area contributed by atoms with E-state index in [4.69, 9.17) is 23.2 Å². The lowest BCUT2D eigenvalue weighted by molar-refractivity contribution is 0.184. The second kappa shape index (κ2) is 5.23. The van der Waals surface area contributed by atoms with Crippen LogP contribution >= 0.6 is 23.2 Å². The number of fused-ring (bicyclic) bond motifs is 1. The zero-order chi connectivity index (χ0) is 14.3. The van der Waals surface area contributed by atoms with Crippen molar-refractivity contribution in [2.45, 2.75) is 51.5 Å². The molecular weight excluding hydrogens is 291 g/mol. The third kappa shape index (κ3) is 2.56.